The Morgan fingerprint density at radius 3 is 2.68 bits per heavy atom. The van der Waals surface area contributed by atoms with Gasteiger partial charge in [0.2, 0.25) is 0 Å². The van der Waals surface area contributed by atoms with Crippen LogP contribution in [0.2, 0.25) is 5.02 Å². The molecule has 130 valence electrons. The standard InChI is InChI=1S/C17H15ClN2O3S2/c1-11(10-23-25(2,21)22)20-14-5-4-13(18)8-17(14)24-16-6-3-12(9-19)7-15(16)20/h3-8,11H,10H2,1-2H3. The van der Waals surface area contributed by atoms with E-state index in [2.05, 4.69) is 6.07 Å². The van der Waals surface area contributed by atoms with Crippen molar-refractivity contribution in [2.24, 2.45) is 0 Å². The molecule has 2 aromatic carbocycles. The number of anilines is 2. The number of hydrogen-bond acceptors (Lipinski definition) is 6. The topological polar surface area (TPSA) is 70.4 Å². The Hall–Kier alpha value is -1.72. The second kappa shape index (κ2) is 6.89. The van der Waals surface area contributed by atoms with Crippen molar-refractivity contribution in [1.29, 1.82) is 5.26 Å². The Morgan fingerprint density at radius 2 is 2.00 bits per heavy atom. The molecule has 0 aliphatic carbocycles. The Labute approximate surface area is 156 Å². The monoisotopic (exact) mass is 394 g/mol. The van der Waals surface area contributed by atoms with Gasteiger partial charge in [-0.25, -0.2) is 0 Å². The summed E-state index contributed by atoms with van der Waals surface area (Å²) < 4.78 is 27.7. The van der Waals surface area contributed by atoms with E-state index in [9.17, 15) is 13.7 Å². The molecular weight excluding hydrogens is 380 g/mol. The SMILES string of the molecule is CC(COS(C)(=O)=O)N1c2ccc(Cl)cc2Sc2ccc(C#N)cc21. The highest BCUT2D eigenvalue weighted by Gasteiger charge is 2.28. The van der Waals surface area contributed by atoms with E-state index in [1.165, 1.54) is 0 Å². The minimum atomic E-state index is -3.54. The smallest absolute Gasteiger partial charge is 0.264 e. The van der Waals surface area contributed by atoms with Crippen LogP contribution < -0.4 is 4.90 Å². The second-order valence-corrected chi connectivity index (χ2v) is 8.88. The van der Waals surface area contributed by atoms with E-state index in [1.807, 2.05) is 30.0 Å². The summed E-state index contributed by atoms with van der Waals surface area (Å²) >= 11 is 7.69. The largest absolute Gasteiger partial charge is 0.334 e. The van der Waals surface area contributed by atoms with Crippen LogP contribution in [0.1, 0.15) is 12.5 Å². The number of benzene rings is 2. The highest BCUT2D eigenvalue weighted by Crippen LogP contribution is 2.49. The van der Waals surface area contributed by atoms with Gasteiger partial charge in [0.05, 0.1) is 41.9 Å². The van der Waals surface area contributed by atoms with Crippen LogP contribution in [-0.4, -0.2) is 27.3 Å². The number of fused-ring (bicyclic) bond motifs is 2. The summed E-state index contributed by atoms with van der Waals surface area (Å²) in [5, 5.41) is 9.84. The molecule has 0 N–H and O–H groups in total. The van der Waals surface area contributed by atoms with E-state index in [0.29, 0.717) is 10.6 Å². The third-order valence-electron chi connectivity index (χ3n) is 3.71. The Bertz CT molecular complexity index is 970. The van der Waals surface area contributed by atoms with Gasteiger partial charge >= 0.3 is 0 Å². The van der Waals surface area contributed by atoms with Crippen molar-refractivity contribution in [1.82, 2.24) is 0 Å². The van der Waals surface area contributed by atoms with Gasteiger partial charge in [-0.3, -0.25) is 4.18 Å². The van der Waals surface area contributed by atoms with Crippen LogP contribution >= 0.6 is 23.4 Å². The third-order valence-corrected chi connectivity index (χ3v) is 5.62. The molecule has 0 radical (unpaired) electrons. The van der Waals surface area contributed by atoms with E-state index >= 15 is 0 Å². The minimum Gasteiger partial charge on any atom is -0.334 e. The van der Waals surface area contributed by atoms with Gasteiger partial charge in [0.25, 0.3) is 10.1 Å². The molecule has 0 aromatic heterocycles. The fourth-order valence-corrected chi connectivity index (χ4v) is 4.42. The highest BCUT2D eigenvalue weighted by atomic mass is 35.5. The quantitative estimate of drug-likeness (QED) is 0.724. The zero-order chi connectivity index (χ0) is 18.2. The second-order valence-electron chi connectivity index (χ2n) is 5.72. The van der Waals surface area contributed by atoms with Crippen molar-refractivity contribution in [3.05, 3.63) is 47.0 Å². The van der Waals surface area contributed by atoms with Gasteiger partial charge in [-0.15, -0.1) is 0 Å². The third kappa shape index (κ3) is 3.93. The van der Waals surface area contributed by atoms with Crippen molar-refractivity contribution in [3.63, 3.8) is 0 Å². The van der Waals surface area contributed by atoms with Gasteiger partial charge in [-0.2, -0.15) is 13.7 Å². The van der Waals surface area contributed by atoms with Crippen LogP contribution in [-0.2, 0) is 14.3 Å². The van der Waals surface area contributed by atoms with Crippen molar-refractivity contribution in [2.75, 3.05) is 17.8 Å². The molecule has 1 aliphatic heterocycles. The molecule has 1 aliphatic rings. The molecule has 0 spiro atoms. The zero-order valence-corrected chi connectivity index (χ0v) is 16.0. The predicted molar refractivity (Wildman–Crippen MR) is 99.1 cm³/mol. The molecule has 1 heterocycles. The first-order valence-corrected chi connectivity index (χ1v) is 10.4. The summed E-state index contributed by atoms with van der Waals surface area (Å²) in [4.78, 5) is 3.93. The summed E-state index contributed by atoms with van der Waals surface area (Å²) in [5.74, 6) is 0. The summed E-state index contributed by atoms with van der Waals surface area (Å²) in [7, 11) is -3.54. The summed E-state index contributed by atoms with van der Waals surface area (Å²) in [6.07, 6.45) is 1.03. The minimum absolute atomic E-state index is 0.00177. The lowest BCUT2D eigenvalue weighted by molar-refractivity contribution is 0.300. The van der Waals surface area contributed by atoms with Gasteiger partial charge in [0.1, 0.15) is 0 Å². The summed E-state index contributed by atoms with van der Waals surface area (Å²) in [6, 6.07) is 12.9. The first-order valence-electron chi connectivity index (χ1n) is 7.43. The van der Waals surface area contributed by atoms with Crippen LogP contribution in [0, 0.1) is 11.3 Å². The maximum absolute atomic E-state index is 11.3. The molecule has 3 rings (SSSR count). The Kier molecular flexibility index (Phi) is 4.98. The van der Waals surface area contributed by atoms with E-state index in [0.717, 1.165) is 27.4 Å². The molecule has 1 atom stereocenters. The average molecular weight is 395 g/mol. The molecule has 0 bridgehead atoms. The van der Waals surface area contributed by atoms with Crippen LogP contribution in [0.3, 0.4) is 0 Å². The van der Waals surface area contributed by atoms with Crippen LogP contribution in [0.4, 0.5) is 11.4 Å². The van der Waals surface area contributed by atoms with Crippen molar-refractivity contribution in [2.45, 2.75) is 22.8 Å². The van der Waals surface area contributed by atoms with Crippen molar-refractivity contribution in [3.8, 4) is 6.07 Å². The lowest BCUT2D eigenvalue weighted by Gasteiger charge is -2.37. The number of hydrogen-bond donors (Lipinski definition) is 0. The molecule has 2 aromatic rings. The molecule has 0 amide bonds. The molecule has 8 heteroatoms. The van der Waals surface area contributed by atoms with Gasteiger partial charge in [-0.05, 0) is 43.3 Å². The van der Waals surface area contributed by atoms with Crippen molar-refractivity contribution < 1.29 is 12.6 Å². The highest BCUT2D eigenvalue weighted by molar-refractivity contribution is 7.99. The van der Waals surface area contributed by atoms with Crippen LogP contribution in [0.25, 0.3) is 0 Å². The van der Waals surface area contributed by atoms with E-state index < -0.39 is 10.1 Å². The molecule has 25 heavy (non-hydrogen) atoms. The molecule has 1 unspecified atom stereocenters. The number of nitrogens with zero attached hydrogens (tertiary/aromatic N) is 2. The van der Waals surface area contributed by atoms with Gasteiger partial charge < -0.3 is 4.90 Å². The summed E-state index contributed by atoms with van der Waals surface area (Å²) in [5.41, 5.74) is 2.29. The molecule has 0 saturated carbocycles. The van der Waals surface area contributed by atoms with Gasteiger partial charge in [0, 0.05) is 14.8 Å². The molecule has 0 saturated heterocycles. The Balaban J connectivity index is 2.07. The van der Waals surface area contributed by atoms with Gasteiger partial charge in [0.15, 0.2) is 0 Å². The maximum atomic E-state index is 11.3. The lowest BCUT2D eigenvalue weighted by Crippen LogP contribution is -2.35. The fourth-order valence-electron chi connectivity index (χ4n) is 2.65. The number of nitriles is 1. The van der Waals surface area contributed by atoms with E-state index in [-0.39, 0.29) is 12.6 Å². The molecule has 5 nitrogen and oxygen atoms in total. The molecule has 0 fully saturated rings. The normalized spacial score (nSPS) is 14.4. The van der Waals surface area contributed by atoms with Crippen molar-refractivity contribution >= 4 is 44.9 Å². The summed E-state index contributed by atoms with van der Waals surface area (Å²) in [6.45, 7) is 1.88. The lowest BCUT2D eigenvalue weighted by atomic mass is 10.1. The van der Waals surface area contributed by atoms with E-state index in [4.69, 9.17) is 15.8 Å². The average Bonchev–Trinajstić information content (AvgIpc) is 2.56. The first kappa shape index (κ1) is 18.1. The molecular formula is C17H15ClN2O3S2. The van der Waals surface area contributed by atoms with Crippen LogP contribution in [0.15, 0.2) is 46.2 Å². The predicted octanol–water partition coefficient (Wildman–Crippen LogP) is 4.18. The number of halogens is 1. The Morgan fingerprint density at radius 1 is 1.24 bits per heavy atom. The van der Waals surface area contributed by atoms with Gasteiger partial charge in [-0.1, -0.05) is 23.4 Å². The fraction of sp³-hybridized carbons (Fsp3) is 0.235. The van der Waals surface area contributed by atoms with E-state index in [1.54, 1.807) is 30.0 Å². The van der Waals surface area contributed by atoms with Crippen LogP contribution in [0.5, 0.6) is 0 Å². The zero-order valence-electron chi connectivity index (χ0n) is 13.6. The number of rotatable bonds is 4. The first-order chi connectivity index (χ1) is 11.8. The maximum Gasteiger partial charge on any atom is 0.264 e.